The Bertz CT molecular complexity index is 1130. The van der Waals surface area contributed by atoms with Crippen LogP contribution in [0.4, 0.5) is 0 Å². The fourth-order valence-electron chi connectivity index (χ4n) is 5.24. The summed E-state index contributed by atoms with van der Waals surface area (Å²) in [7, 11) is 0. The second-order valence-corrected chi connectivity index (χ2v) is 10.8. The molecule has 0 radical (unpaired) electrons. The lowest BCUT2D eigenvalue weighted by molar-refractivity contribution is -0.131. The van der Waals surface area contributed by atoms with Crippen molar-refractivity contribution < 1.29 is 19.0 Å². The number of piperidine rings is 1. The topological polar surface area (TPSA) is 48.0 Å². The zero-order valence-corrected chi connectivity index (χ0v) is 21.4. The molecule has 1 aliphatic carbocycles. The molecule has 1 saturated carbocycles. The summed E-state index contributed by atoms with van der Waals surface area (Å²) in [4.78, 5) is 15.2. The van der Waals surface area contributed by atoms with E-state index in [2.05, 4.69) is 4.90 Å². The Morgan fingerprint density at radius 1 is 0.914 bits per heavy atom. The van der Waals surface area contributed by atoms with Crippen molar-refractivity contribution in [2.45, 2.75) is 64.2 Å². The molecule has 3 aromatic rings. The minimum atomic E-state index is -0.303. The van der Waals surface area contributed by atoms with Gasteiger partial charge in [0.1, 0.15) is 29.6 Å². The third kappa shape index (κ3) is 6.17. The summed E-state index contributed by atoms with van der Waals surface area (Å²) in [6.45, 7) is 5.51. The van der Waals surface area contributed by atoms with Crippen LogP contribution in [-0.2, 0) is 4.79 Å². The van der Waals surface area contributed by atoms with Crippen LogP contribution in [0.2, 0.25) is 0 Å². The maximum Gasteiger partial charge on any atom is 0.308 e. The molecule has 1 aromatic heterocycles. The van der Waals surface area contributed by atoms with E-state index in [0.29, 0.717) is 18.3 Å². The molecule has 0 N–H and O–H groups in total. The summed E-state index contributed by atoms with van der Waals surface area (Å²) in [6, 6.07) is 13.8. The number of nitrogens with zero attached hydrogens (tertiary/aromatic N) is 1. The van der Waals surface area contributed by atoms with Crippen molar-refractivity contribution >= 4 is 27.4 Å². The van der Waals surface area contributed by atoms with Crippen LogP contribution in [0.1, 0.15) is 69.1 Å². The molecule has 2 aliphatic rings. The Morgan fingerprint density at radius 3 is 2.34 bits per heavy atom. The molecule has 35 heavy (non-hydrogen) atoms. The SMILES string of the molecule is CC(=O)Oc1ccc2c(Oc3ccc(OCCN4CCCCC4)cc3)c(C3CCCCC3)sc2c1. The van der Waals surface area contributed by atoms with Crippen LogP contribution in [0.3, 0.4) is 0 Å². The Morgan fingerprint density at radius 2 is 1.60 bits per heavy atom. The minimum absolute atomic E-state index is 0.303. The Balaban J connectivity index is 1.31. The van der Waals surface area contributed by atoms with Gasteiger partial charge in [-0.1, -0.05) is 25.7 Å². The summed E-state index contributed by atoms with van der Waals surface area (Å²) in [5, 5.41) is 1.08. The van der Waals surface area contributed by atoms with E-state index in [4.69, 9.17) is 14.2 Å². The molecule has 2 aromatic carbocycles. The van der Waals surface area contributed by atoms with Crippen LogP contribution in [0.15, 0.2) is 42.5 Å². The molecule has 5 rings (SSSR count). The maximum absolute atomic E-state index is 11.4. The number of hydrogen-bond acceptors (Lipinski definition) is 6. The summed E-state index contributed by atoms with van der Waals surface area (Å²) in [6.07, 6.45) is 10.2. The van der Waals surface area contributed by atoms with E-state index in [1.165, 1.54) is 76.3 Å². The zero-order valence-electron chi connectivity index (χ0n) is 20.6. The van der Waals surface area contributed by atoms with Gasteiger partial charge in [0.05, 0.1) is 4.88 Å². The summed E-state index contributed by atoms with van der Waals surface area (Å²) >= 11 is 1.77. The molecule has 186 valence electrons. The van der Waals surface area contributed by atoms with Crippen LogP contribution < -0.4 is 14.2 Å². The number of thiophene rings is 1. The minimum Gasteiger partial charge on any atom is -0.492 e. The average Bonchev–Trinajstić information content (AvgIpc) is 3.23. The molecule has 1 saturated heterocycles. The Hall–Kier alpha value is -2.57. The van der Waals surface area contributed by atoms with Gasteiger partial charge in [0.15, 0.2) is 0 Å². The van der Waals surface area contributed by atoms with Crippen molar-refractivity contribution in [2.24, 2.45) is 0 Å². The molecule has 0 bridgehead atoms. The number of esters is 1. The quantitative estimate of drug-likeness (QED) is 0.240. The van der Waals surface area contributed by atoms with Crippen molar-refractivity contribution in [3.8, 4) is 23.0 Å². The molecular formula is C29H35NO4S. The van der Waals surface area contributed by atoms with Crippen molar-refractivity contribution in [3.05, 3.63) is 47.3 Å². The number of rotatable bonds is 8. The highest BCUT2D eigenvalue weighted by molar-refractivity contribution is 7.19. The highest BCUT2D eigenvalue weighted by atomic mass is 32.1. The molecule has 0 atom stereocenters. The fourth-order valence-corrected chi connectivity index (χ4v) is 6.57. The standard InChI is InChI=1S/C29H35NO4S/c1-21(31)33-25-14-15-26-27(20-25)35-29(22-8-4-2-5-9-22)28(26)34-24-12-10-23(11-13-24)32-19-18-30-16-6-3-7-17-30/h10-15,20,22H,2-9,16-19H2,1H3. The lowest BCUT2D eigenvalue weighted by Gasteiger charge is -2.26. The molecular weight excluding hydrogens is 458 g/mol. The largest absolute Gasteiger partial charge is 0.492 e. The maximum atomic E-state index is 11.4. The predicted molar refractivity (Wildman–Crippen MR) is 141 cm³/mol. The first-order valence-electron chi connectivity index (χ1n) is 13.0. The highest BCUT2D eigenvalue weighted by Crippen LogP contribution is 2.48. The molecule has 0 amide bonds. The van der Waals surface area contributed by atoms with Crippen molar-refractivity contribution in [1.82, 2.24) is 4.90 Å². The first-order chi connectivity index (χ1) is 17.2. The van der Waals surface area contributed by atoms with Gasteiger partial charge in [-0.25, -0.2) is 0 Å². The lowest BCUT2D eigenvalue weighted by Crippen LogP contribution is -2.33. The monoisotopic (exact) mass is 493 g/mol. The number of benzene rings is 2. The normalized spacial score (nSPS) is 17.4. The predicted octanol–water partition coefficient (Wildman–Crippen LogP) is 7.53. The van der Waals surface area contributed by atoms with Crippen LogP contribution in [0.5, 0.6) is 23.0 Å². The number of carbonyl (C=O) groups is 1. The first-order valence-corrected chi connectivity index (χ1v) is 13.9. The smallest absolute Gasteiger partial charge is 0.308 e. The van der Waals surface area contributed by atoms with Crippen molar-refractivity contribution in [1.29, 1.82) is 0 Å². The number of likely N-dealkylation sites (tertiary alicyclic amines) is 1. The van der Waals surface area contributed by atoms with E-state index < -0.39 is 0 Å². The Kier molecular flexibility index (Phi) is 7.89. The van der Waals surface area contributed by atoms with Crippen LogP contribution in [0, 0.1) is 0 Å². The summed E-state index contributed by atoms with van der Waals surface area (Å²) < 4.78 is 19.0. The van der Waals surface area contributed by atoms with Crippen molar-refractivity contribution in [3.63, 3.8) is 0 Å². The molecule has 0 unspecified atom stereocenters. The van der Waals surface area contributed by atoms with Gasteiger partial charge in [-0.3, -0.25) is 9.69 Å². The Labute approximate surface area is 212 Å². The molecule has 1 aliphatic heterocycles. The van der Waals surface area contributed by atoms with Crippen LogP contribution in [-0.4, -0.2) is 37.1 Å². The average molecular weight is 494 g/mol. The number of hydrogen-bond donors (Lipinski definition) is 0. The van der Waals surface area contributed by atoms with E-state index in [9.17, 15) is 4.79 Å². The third-order valence-electron chi connectivity index (χ3n) is 7.05. The first kappa shape index (κ1) is 24.1. The van der Waals surface area contributed by atoms with Gasteiger partial charge in [-0.15, -0.1) is 11.3 Å². The number of carbonyl (C=O) groups excluding carboxylic acids is 1. The molecule has 6 heteroatoms. The second-order valence-electron chi connectivity index (χ2n) is 9.71. The van der Waals surface area contributed by atoms with Crippen LogP contribution in [0.25, 0.3) is 10.1 Å². The van der Waals surface area contributed by atoms with Gasteiger partial charge in [0.25, 0.3) is 0 Å². The van der Waals surface area contributed by atoms with Crippen LogP contribution >= 0.6 is 11.3 Å². The van der Waals surface area contributed by atoms with E-state index in [1.54, 1.807) is 11.3 Å². The number of fused-ring (bicyclic) bond motifs is 1. The van der Waals surface area contributed by atoms with Gasteiger partial charge >= 0.3 is 5.97 Å². The van der Waals surface area contributed by atoms with E-state index in [-0.39, 0.29) is 5.97 Å². The summed E-state index contributed by atoms with van der Waals surface area (Å²) in [5.74, 6) is 3.44. The van der Waals surface area contributed by atoms with Gasteiger partial charge in [-0.05, 0) is 87.2 Å². The third-order valence-corrected chi connectivity index (χ3v) is 8.34. The van der Waals surface area contributed by atoms with Gasteiger partial charge in [0.2, 0.25) is 0 Å². The molecule has 0 spiro atoms. The fraction of sp³-hybridized carbons (Fsp3) is 0.483. The van der Waals surface area contributed by atoms with Crippen molar-refractivity contribution in [2.75, 3.05) is 26.2 Å². The highest BCUT2D eigenvalue weighted by Gasteiger charge is 2.24. The molecule has 5 nitrogen and oxygen atoms in total. The van der Waals surface area contributed by atoms with E-state index in [1.807, 2.05) is 42.5 Å². The van der Waals surface area contributed by atoms with E-state index in [0.717, 1.165) is 33.9 Å². The van der Waals surface area contributed by atoms with Gasteiger partial charge in [0, 0.05) is 23.6 Å². The summed E-state index contributed by atoms with van der Waals surface area (Å²) in [5.41, 5.74) is 0. The second kappa shape index (κ2) is 11.4. The van der Waals surface area contributed by atoms with E-state index >= 15 is 0 Å². The number of ether oxygens (including phenoxy) is 3. The van der Waals surface area contributed by atoms with Gasteiger partial charge < -0.3 is 14.2 Å². The molecule has 2 heterocycles. The lowest BCUT2D eigenvalue weighted by atomic mass is 9.88. The molecule has 2 fully saturated rings. The van der Waals surface area contributed by atoms with Gasteiger partial charge in [-0.2, -0.15) is 0 Å². The zero-order chi connectivity index (χ0) is 24.0.